The highest BCUT2D eigenvalue weighted by Crippen LogP contribution is 2.38. The fourth-order valence-electron chi connectivity index (χ4n) is 4.11. The summed E-state index contributed by atoms with van der Waals surface area (Å²) in [5, 5.41) is 18.6. The lowest BCUT2D eigenvalue weighted by Gasteiger charge is -2.20. The summed E-state index contributed by atoms with van der Waals surface area (Å²) >= 11 is 0. The van der Waals surface area contributed by atoms with Gasteiger partial charge in [-0.15, -0.1) is 0 Å². The van der Waals surface area contributed by atoms with Crippen molar-refractivity contribution in [2.75, 3.05) is 0 Å². The van der Waals surface area contributed by atoms with Crippen molar-refractivity contribution in [1.29, 1.82) is 0 Å². The van der Waals surface area contributed by atoms with Crippen LogP contribution in [0.15, 0.2) is 0 Å². The highest BCUT2D eigenvalue weighted by Gasteiger charge is 2.26. The predicted molar refractivity (Wildman–Crippen MR) is 95.6 cm³/mol. The summed E-state index contributed by atoms with van der Waals surface area (Å²) < 4.78 is 0. The van der Waals surface area contributed by atoms with Gasteiger partial charge in [0.15, 0.2) is 0 Å². The molecule has 0 bridgehead atoms. The van der Waals surface area contributed by atoms with E-state index in [1.54, 1.807) is 0 Å². The van der Waals surface area contributed by atoms with Gasteiger partial charge in [-0.2, -0.15) is 0 Å². The molecule has 3 heteroatoms. The fourth-order valence-corrected chi connectivity index (χ4v) is 4.11. The highest BCUT2D eigenvalue weighted by atomic mass is 16.4. The Morgan fingerprint density at radius 3 is 2.22 bits per heavy atom. The monoisotopic (exact) mass is 326 g/mol. The fraction of sp³-hybridized carbons (Fsp3) is 0.950. The minimum Gasteiger partial charge on any atom is -0.481 e. The molecule has 2 N–H and O–H groups in total. The van der Waals surface area contributed by atoms with Gasteiger partial charge in [-0.3, -0.25) is 4.79 Å². The van der Waals surface area contributed by atoms with Crippen molar-refractivity contribution < 1.29 is 15.0 Å². The Hall–Kier alpha value is -0.570. The average Bonchev–Trinajstić information content (AvgIpc) is 2.96. The van der Waals surface area contributed by atoms with Crippen LogP contribution in [0.25, 0.3) is 0 Å². The van der Waals surface area contributed by atoms with Gasteiger partial charge >= 0.3 is 5.97 Å². The van der Waals surface area contributed by atoms with E-state index in [0.717, 1.165) is 43.9 Å². The summed E-state index contributed by atoms with van der Waals surface area (Å²) in [6, 6.07) is 0. The Morgan fingerprint density at radius 2 is 1.57 bits per heavy atom. The van der Waals surface area contributed by atoms with Crippen LogP contribution in [-0.2, 0) is 4.79 Å². The Kier molecular flexibility index (Phi) is 11.4. The number of unbranched alkanes of at least 4 members (excludes halogenated alkanes) is 4. The van der Waals surface area contributed by atoms with Crippen LogP contribution in [0.1, 0.15) is 103 Å². The third-order valence-electron chi connectivity index (χ3n) is 5.54. The Bertz CT molecular complexity index is 303. The van der Waals surface area contributed by atoms with Gasteiger partial charge in [0.1, 0.15) is 0 Å². The van der Waals surface area contributed by atoms with Crippen LogP contribution in [-0.4, -0.2) is 22.3 Å². The molecule has 0 amide bonds. The molecule has 136 valence electrons. The third kappa shape index (κ3) is 10.0. The largest absolute Gasteiger partial charge is 0.481 e. The lowest BCUT2D eigenvalue weighted by atomic mass is 9.86. The summed E-state index contributed by atoms with van der Waals surface area (Å²) in [4.78, 5) is 10.5. The number of aliphatic hydroxyl groups is 1. The van der Waals surface area contributed by atoms with Crippen LogP contribution >= 0.6 is 0 Å². The predicted octanol–water partition coefficient (Wildman–Crippen LogP) is 5.55. The molecule has 1 aliphatic rings. The number of aliphatic hydroxyl groups excluding tert-OH is 1. The average molecular weight is 327 g/mol. The van der Waals surface area contributed by atoms with Crippen molar-refractivity contribution >= 4 is 5.97 Å². The second-order valence-corrected chi connectivity index (χ2v) is 7.52. The molecule has 1 rings (SSSR count). The van der Waals surface area contributed by atoms with E-state index in [2.05, 4.69) is 6.92 Å². The van der Waals surface area contributed by atoms with Gasteiger partial charge in [-0.1, -0.05) is 77.6 Å². The molecule has 3 atom stereocenters. The molecule has 0 spiro atoms. The first-order valence-electron chi connectivity index (χ1n) is 10.0. The number of hydrogen-bond acceptors (Lipinski definition) is 2. The van der Waals surface area contributed by atoms with Crippen LogP contribution in [0, 0.1) is 11.8 Å². The second-order valence-electron chi connectivity index (χ2n) is 7.52. The molecule has 1 fully saturated rings. The van der Waals surface area contributed by atoms with E-state index >= 15 is 0 Å². The third-order valence-corrected chi connectivity index (χ3v) is 5.54. The Morgan fingerprint density at radius 1 is 0.957 bits per heavy atom. The molecule has 0 aromatic carbocycles. The topological polar surface area (TPSA) is 57.5 Å². The van der Waals surface area contributed by atoms with Crippen molar-refractivity contribution in [3.05, 3.63) is 0 Å². The van der Waals surface area contributed by atoms with Gasteiger partial charge in [0.25, 0.3) is 0 Å². The second kappa shape index (κ2) is 12.8. The van der Waals surface area contributed by atoms with Crippen LogP contribution in [0.2, 0.25) is 0 Å². The first-order chi connectivity index (χ1) is 11.1. The molecule has 0 aromatic rings. The molecule has 1 saturated carbocycles. The molecule has 3 nitrogen and oxygen atoms in total. The highest BCUT2D eigenvalue weighted by molar-refractivity contribution is 5.66. The Balaban J connectivity index is 2.05. The zero-order valence-corrected chi connectivity index (χ0v) is 15.1. The summed E-state index contributed by atoms with van der Waals surface area (Å²) in [5.41, 5.74) is 0. The van der Waals surface area contributed by atoms with Gasteiger partial charge in [0.05, 0.1) is 6.10 Å². The molecule has 0 radical (unpaired) electrons. The number of aliphatic carboxylic acids is 1. The molecule has 1 aliphatic carbocycles. The minimum atomic E-state index is -0.665. The standard InChI is InChI=1S/C20H38O3/c1-2-3-14-19(21)15-9-13-18-12-8-11-17(18)10-6-4-5-7-16-20(22)23/h17-19,21H,2-16H2,1H3,(H,22,23)/t17-,18+,19?/m0/s1. The molecule has 0 heterocycles. The maximum absolute atomic E-state index is 10.5. The lowest BCUT2D eigenvalue weighted by molar-refractivity contribution is -0.137. The summed E-state index contributed by atoms with van der Waals surface area (Å²) in [6.07, 6.45) is 16.8. The first kappa shape index (κ1) is 20.5. The molecule has 23 heavy (non-hydrogen) atoms. The number of carboxylic acids is 1. The van der Waals surface area contributed by atoms with E-state index in [1.165, 1.54) is 57.8 Å². The van der Waals surface area contributed by atoms with E-state index in [-0.39, 0.29) is 6.10 Å². The molecule has 0 saturated heterocycles. The van der Waals surface area contributed by atoms with E-state index in [1.807, 2.05) is 0 Å². The van der Waals surface area contributed by atoms with E-state index < -0.39 is 5.97 Å². The number of hydrogen-bond donors (Lipinski definition) is 2. The van der Waals surface area contributed by atoms with E-state index in [9.17, 15) is 9.90 Å². The molecule has 0 aromatic heterocycles. The van der Waals surface area contributed by atoms with Crippen molar-refractivity contribution in [2.24, 2.45) is 11.8 Å². The van der Waals surface area contributed by atoms with Crippen LogP contribution in [0.4, 0.5) is 0 Å². The molecule has 1 unspecified atom stereocenters. The van der Waals surface area contributed by atoms with Crippen molar-refractivity contribution in [3.63, 3.8) is 0 Å². The summed E-state index contributed by atoms with van der Waals surface area (Å²) in [5.74, 6) is 1.11. The van der Waals surface area contributed by atoms with Gasteiger partial charge in [0, 0.05) is 6.42 Å². The van der Waals surface area contributed by atoms with Crippen molar-refractivity contribution in [2.45, 2.75) is 109 Å². The van der Waals surface area contributed by atoms with Crippen molar-refractivity contribution in [1.82, 2.24) is 0 Å². The number of carbonyl (C=O) groups is 1. The number of rotatable bonds is 14. The van der Waals surface area contributed by atoms with Crippen LogP contribution in [0.5, 0.6) is 0 Å². The van der Waals surface area contributed by atoms with Gasteiger partial charge < -0.3 is 10.2 Å². The van der Waals surface area contributed by atoms with Crippen molar-refractivity contribution in [3.8, 4) is 0 Å². The molecular weight excluding hydrogens is 288 g/mol. The zero-order valence-electron chi connectivity index (χ0n) is 15.1. The zero-order chi connectivity index (χ0) is 16.9. The first-order valence-corrected chi connectivity index (χ1v) is 10.0. The van der Waals surface area contributed by atoms with Crippen LogP contribution in [0.3, 0.4) is 0 Å². The minimum absolute atomic E-state index is 0.0796. The number of carboxylic acid groups (broad SMARTS) is 1. The smallest absolute Gasteiger partial charge is 0.303 e. The maximum atomic E-state index is 10.5. The Labute approximate surface area is 142 Å². The maximum Gasteiger partial charge on any atom is 0.303 e. The molecular formula is C20H38O3. The van der Waals surface area contributed by atoms with E-state index in [4.69, 9.17) is 5.11 Å². The molecule has 0 aliphatic heterocycles. The normalized spacial score (nSPS) is 22.3. The quantitative estimate of drug-likeness (QED) is 0.411. The lowest BCUT2D eigenvalue weighted by Crippen LogP contribution is -2.11. The summed E-state index contributed by atoms with van der Waals surface area (Å²) in [7, 11) is 0. The summed E-state index contributed by atoms with van der Waals surface area (Å²) in [6.45, 7) is 2.18. The van der Waals surface area contributed by atoms with Crippen LogP contribution < -0.4 is 0 Å². The van der Waals surface area contributed by atoms with Gasteiger partial charge in [0.2, 0.25) is 0 Å². The van der Waals surface area contributed by atoms with Gasteiger partial charge in [-0.05, 0) is 31.1 Å². The van der Waals surface area contributed by atoms with Gasteiger partial charge in [-0.25, -0.2) is 0 Å². The van der Waals surface area contributed by atoms with E-state index in [0.29, 0.717) is 6.42 Å². The SMILES string of the molecule is CCCCC(O)CCC[C@H]1CCC[C@@H]1CCCCCCC(=O)O.